The lowest BCUT2D eigenvalue weighted by Gasteiger charge is -2.05. The minimum absolute atomic E-state index is 0.0163. The van der Waals surface area contributed by atoms with Crippen LogP contribution in [0.4, 0.5) is 4.39 Å². The van der Waals surface area contributed by atoms with E-state index in [1.807, 2.05) is 13.8 Å². The molecule has 0 saturated carbocycles. The third-order valence-electron chi connectivity index (χ3n) is 4.14. The lowest BCUT2D eigenvalue weighted by molar-refractivity contribution is 0.0939. The summed E-state index contributed by atoms with van der Waals surface area (Å²) < 4.78 is 19.4. The van der Waals surface area contributed by atoms with Crippen LogP contribution in [0.25, 0.3) is 22.0 Å². The molecule has 0 aliphatic carbocycles. The van der Waals surface area contributed by atoms with Gasteiger partial charge in [-0.2, -0.15) is 0 Å². The van der Waals surface area contributed by atoms with Crippen molar-refractivity contribution < 1.29 is 13.6 Å². The first-order chi connectivity index (χ1) is 14.5. The first kappa shape index (κ1) is 22.1. The number of amides is 1. The van der Waals surface area contributed by atoms with Gasteiger partial charge in [0.15, 0.2) is 10.8 Å². The number of hydrogen-bond acceptors (Lipinski definition) is 7. The number of oxazole rings is 1. The van der Waals surface area contributed by atoms with Crippen LogP contribution in [0.1, 0.15) is 37.2 Å². The van der Waals surface area contributed by atoms with Gasteiger partial charge in [-0.25, -0.2) is 14.4 Å². The molecule has 7 nitrogen and oxygen atoms in total. The lowest BCUT2D eigenvalue weighted by atomic mass is 10.1. The van der Waals surface area contributed by atoms with Crippen molar-refractivity contribution in [2.24, 2.45) is 0 Å². The van der Waals surface area contributed by atoms with E-state index in [1.165, 1.54) is 23.5 Å². The first-order valence-electron chi connectivity index (χ1n) is 9.91. The molecule has 0 atom stereocenters. The Balaban J connectivity index is 1.87. The highest BCUT2D eigenvalue weighted by Gasteiger charge is 2.21. The molecule has 30 heavy (non-hydrogen) atoms. The number of likely N-dealkylation sites (N-methyl/N-ethyl adjacent to an activating group) is 1. The average Bonchev–Trinajstić information content (AvgIpc) is 3.35. The molecule has 0 aliphatic heterocycles. The fourth-order valence-electron chi connectivity index (χ4n) is 2.76. The van der Waals surface area contributed by atoms with Crippen molar-refractivity contribution in [3.8, 4) is 22.0 Å². The van der Waals surface area contributed by atoms with Gasteiger partial charge < -0.3 is 20.4 Å². The molecule has 0 aliphatic rings. The molecule has 0 saturated heterocycles. The van der Waals surface area contributed by atoms with E-state index in [9.17, 15) is 9.18 Å². The van der Waals surface area contributed by atoms with Crippen LogP contribution in [-0.2, 0) is 6.54 Å². The second kappa shape index (κ2) is 10.4. The molecule has 1 amide bonds. The predicted molar refractivity (Wildman–Crippen MR) is 116 cm³/mol. The Morgan fingerprint density at radius 2 is 1.90 bits per heavy atom. The SMILES string of the molecule is CCNCCNCc1nc(-c2ccc(F)cc2)c(-c2nc(C(=O)NC(C)C)cs2)o1. The van der Waals surface area contributed by atoms with Crippen LogP contribution >= 0.6 is 11.3 Å². The number of nitrogens with one attached hydrogen (secondary N) is 3. The number of halogens is 1. The van der Waals surface area contributed by atoms with Gasteiger partial charge in [0.25, 0.3) is 5.91 Å². The third kappa shape index (κ3) is 5.71. The van der Waals surface area contributed by atoms with Crippen LogP contribution in [0.15, 0.2) is 34.1 Å². The molecule has 2 heterocycles. The molecule has 160 valence electrons. The topological polar surface area (TPSA) is 92.1 Å². The summed E-state index contributed by atoms with van der Waals surface area (Å²) in [6.07, 6.45) is 0. The molecular weight excluding hydrogens is 405 g/mol. The van der Waals surface area contributed by atoms with E-state index < -0.39 is 0 Å². The van der Waals surface area contributed by atoms with Crippen molar-refractivity contribution in [1.82, 2.24) is 25.9 Å². The zero-order valence-corrected chi connectivity index (χ0v) is 18.1. The summed E-state index contributed by atoms with van der Waals surface area (Å²) in [5.41, 5.74) is 1.62. The summed E-state index contributed by atoms with van der Waals surface area (Å²) in [4.78, 5) is 21.3. The smallest absolute Gasteiger partial charge is 0.270 e. The van der Waals surface area contributed by atoms with Crippen molar-refractivity contribution in [2.45, 2.75) is 33.4 Å². The molecule has 3 rings (SSSR count). The average molecular weight is 432 g/mol. The second-order valence-corrected chi connectivity index (χ2v) is 7.85. The largest absolute Gasteiger partial charge is 0.436 e. The summed E-state index contributed by atoms with van der Waals surface area (Å²) in [5.74, 6) is 0.416. The van der Waals surface area contributed by atoms with Gasteiger partial charge in [-0.3, -0.25) is 4.79 Å². The van der Waals surface area contributed by atoms with Crippen LogP contribution in [-0.4, -0.2) is 41.6 Å². The summed E-state index contributed by atoms with van der Waals surface area (Å²) in [7, 11) is 0. The Bertz CT molecular complexity index is 968. The molecule has 0 spiro atoms. The van der Waals surface area contributed by atoms with Gasteiger partial charge in [0, 0.05) is 30.1 Å². The van der Waals surface area contributed by atoms with Crippen LogP contribution in [0, 0.1) is 5.82 Å². The maximum absolute atomic E-state index is 13.4. The number of thiazole rings is 1. The Hall–Kier alpha value is -2.62. The van der Waals surface area contributed by atoms with Crippen molar-refractivity contribution in [2.75, 3.05) is 19.6 Å². The van der Waals surface area contributed by atoms with Gasteiger partial charge in [-0.1, -0.05) is 6.92 Å². The quantitative estimate of drug-likeness (QED) is 0.426. The molecule has 3 aromatic rings. The Kier molecular flexibility index (Phi) is 7.67. The number of hydrogen-bond donors (Lipinski definition) is 3. The molecule has 0 radical (unpaired) electrons. The normalized spacial score (nSPS) is 11.2. The number of nitrogens with zero attached hydrogens (tertiary/aromatic N) is 2. The van der Waals surface area contributed by atoms with E-state index in [0.29, 0.717) is 34.6 Å². The molecule has 0 unspecified atom stereocenters. The van der Waals surface area contributed by atoms with Crippen molar-refractivity contribution in [3.05, 3.63) is 47.0 Å². The maximum atomic E-state index is 13.4. The fraction of sp³-hybridized carbons (Fsp3) is 0.381. The standard InChI is InChI=1S/C21H26FN5O2S/c1-4-23-9-10-24-11-17-27-18(14-5-7-15(22)8-6-14)19(29-17)21-26-16(12-30-21)20(28)25-13(2)3/h5-8,12-13,23-24H,4,9-11H2,1-3H3,(H,25,28). The van der Waals surface area contributed by atoms with Gasteiger partial charge in [-0.15, -0.1) is 11.3 Å². The van der Waals surface area contributed by atoms with Crippen LogP contribution < -0.4 is 16.0 Å². The predicted octanol–water partition coefficient (Wildman–Crippen LogP) is 3.44. The summed E-state index contributed by atoms with van der Waals surface area (Å²) >= 11 is 1.31. The van der Waals surface area contributed by atoms with Crippen LogP contribution in [0.3, 0.4) is 0 Å². The zero-order chi connectivity index (χ0) is 21.5. The van der Waals surface area contributed by atoms with E-state index >= 15 is 0 Å². The highest BCUT2D eigenvalue weighted by Crippen LogP contribution is 2.34. The fourth-order valence-corrected chi connectivity index (χ4v) is 3.54. The number of carbonyl (C=O) groups excluding carboxylic acids is 1. The van der Waals surface area contributed by atoms with E-state index in [2.05, 4.69) is 32.8 Å². The highest BCUT2D eigenvalue weighted by atomic mass is 32.1. The number of rotatable bonds is 10. The Labute approximate surface area is 179 Å². The van der Waals surface area contributed by atoms with E-state index in [1.54, 1.807) is 17.5 Å². The number of benzene rings is 1. The van der Waals surface area contributed by atoms with Crippen molar-refractivity contribution in [1.29, 1.82) is 0 Å². The maximum Gasteiger partial charge on any atom is 0.270 e. The molecule has 9 heteroatoms. The van der Waals surface area contributed by atoms with Crippen molar-refractivity contribution >= 4 is 17.2 Å². The Morgan fingerprint density at radius 3 is 2.60 bits per heavy atom. The van der Waals surface area contributed by atoms with Gasteiger partial charge in [0.1, 0.15) is 17.2 Å². The highest BCUT2D eigenvalue weighted by molar-refractivity contribution is 7.13. The van der Waals surface area contributed by atoms with Crippen LogP contribution in [0.5, 0.6) is 0 Å². The van der Waals surface area contributed by atoms with Crippen molar-refractivity contribution in [3.63, 3.8) is 0 Å². The minimum atomic E-state index is -0.323. The zero-order valence-electron chi connectivity index (χ0n) is 17.3. The van der Waals surface area contributed by atoms with Gasteiger partial charge in [0.05, 0.1) is 6.54 Å². The number of aromatic nitrogens is 2. The van der Waals surface area contributed by atoms with E-state index in [-0.39, 0.29) is 17.8 Å². The molecule has 1 aromatic carbocycles. The van der Waals surface area contributed by atoms with E-state index in [4.69, 9.17) is 4.42 Å². The molecular formula is C21H26FN5O2S. The minimum Gasteiger partial charge on any atom is -0.436 e. The number of carbonyl (C=O) groups is 1. The van der Waals surface area contributed by atoms with Gasteiger partial charge >= 0.3 is 0 Å². The Morgan fingerprint density at radius 1 is 1.17 bits per heavy atom. The molecule has 3 N–H and O–H groups in total. The molecule has 0 bridgehead atoms. The summed E-state index contributed by atoms with van der Waals surface area (Å²) in [6, 6.07) is 6.08. The molecule has 0 fully saturated rings. The van der Waals surface area contributed by atoms with Gasteiger partial charge in [-0.05, 0) is 44.7 Å². The van der Waals surface area contributed by atoms with Crippen LogP contribution in [0.2, 0.25) is 0 Å². The summed E-state index contributed by atoms with van der Waals surface area (Å²) in [6.45, 7) is 8.82. The second-order valence-electron chi connectivity index (χ2n) is 6.99. The lowest BCUT2D eigenvalue weighted by Crippen LogP contribution is -2.30. The van der Waals surface area contributed by atoms with E-state index in [0.717, 1.165) is 25.2 Å². The summed E-state index contributed by atoms with van der Waals surface area (Å²) in [5, 5.41) is 11.6. The van der Waals surface area contributed by atoms with Gasteiger partial charge in [0.2, 0.25) is 5.89 Å². The molecule has 2 aromatic heterocycles. The third-order valence-corrected chi connectivity index (χ3v) is 4.99. The monoisotopic (exact) mass is 431 g/mol. The first-order valence-corrected chi connectivity index (χ1v) is 10.8.